The molecule has 2 aromatic rings. The molecule has 0 atom stereocenters. The summed E-state index contributed by atoms with van der Waals surface area (Å²) < 4.78 is 0. The Kier molecular flexibility index (Phi) is 1.83. The fraction of sp³-hybridized carbons (Fsp3) is 0.444. The molecule has 0 aliphatic heterocycles. The lowest BCUT2D eigenvalue weighted by molar-refractivity contribution is 0.883. The monoisotopic (exact) mass is 206 g/mol. The maximum absolute atomic E-state index is 4.25. The molecule has 2 heterocycles. The van der Waals surface area contributed by atoms with Crippen molar-refractivity contribution in [1.82, 2.24) is 15.0 Å². The van der Waals surface area contributed by atoms with E-state index in [2.05, 4.69) is 20.3 Å². The second kappa shape index (κ2) is 3.16. The van der Waals surface area contributed by atoms with Gasteiger partial charge >= 0.3 is 0 Å². The Morgan fingerprint density at radius 1 is 1.36 bits per heavy atom. The molecule has 0 unspecified atom stereocenters. The summed E-state index contributed by atoms with van der Waals surface area (Å²) in [6.07, 6.45) is 4.28. The largest absolute Gasteiger partial charge is 0.368 e. The summed E-state index contributed by atoms with van der Waals surface area (Å²) in [6, 6.07) is 0. The number of anilines is 1. The Morgan fingerprint density at radius 2 is 2.29 bits per heavy atom. The van der Waals surface area contributed by atoms with Gasteiger partial charge in [-0.3, -0.25) is 0 Å². The summed E-state index contributed by atoms with van der Waals surface area (Å²) in [7, 11) is 0. The Bertz CT molecular complexity index is 449. The third-order valence-electron chi connectivity index (χ3n) is 2.39. The first-order valence-corrected chi connectivity index (χ1v) is 5.59. The van der Waals surface area contributed by atoms with E-state index in [1.807, 2.05) is 5.51 Å². The Labute approximate surface area is 85.4 Å². The van der Waals surface area contributed by atoms with Gasteiger partial charge in [0.05, 0.1) is 5.51 Å². The van der Waals surface area contributed by atoms with Gasteiger partial charge < -0.3 is 5.32 Å². The molecule has 0 radical (unpaired) electrons. The third-order valence-corrected chi connectivity index (χ3v) is 3.12. The van der Waals surface area contributed by atoms with Crippen LogP contribution in [0.25, 0.3) is 10.3 Å². The maximum Gasteiger partial charge on any atom is 0.156 e. The number of fused-ring (bicyclic) bond motifs is 1. The average molecular weight is 206 g/mol. The number of rotatable bonds is 3. The highest BCUT2D eigenvalue weighted by Crippen LogP contribution is 2.29. The summed E-state index contributed by atoms with van der Waals surface area (Å²) in [4.78, 5) is 13.6. The third kappa shape index (κ3) is 1.43. The highest BCUT2D eigenvalue weighted by molar-refractivity contribution is 7.16. The molecule has 1 fully saturated rings. The van der Waals surface area contributed by atoms with Gasteiger partial charge in [0, 0.05) is 6.54 Å². The molecule has 14 heavy (non-hydrogen) atoms. The van der Waals surface area contributed by atoms with Crippen molar-refractivity contribution in [3.63, 3.8) is 0 Å². The fourth-order valence-electron chi connectivity index (χ4n) is 1.39. The minimum absolute atomic E-state index is 0.846. The molecule has 2 aromatic heterocycles. The number of thiazole rings is 1. The van der Waals surface area contributed by atoms with Crippen LogP contribution >= 0.6 is 11.3 Å². The Balaban J connectivity index is 1.89. The molecule has 0 bridgehead atoms. The molecule has 1 aliphatic rings. The number of nitrogens with zero attached hydrogens (tertiary/aromatic N) is 3. The fourth-order valence-corrected chi connectivity index (χ4v) is 2.01. The molecule has 1 aliphatic carbocycles. The van der Waals surface area contributed by atoms with Crippen molar-refractivity contribution in [2.75, 3.05) is 11.9 Å². The molecule has 0 spiro atoms. The lowest BCUT2D eigenvalue weighted by Crippen LogP contribution is -2.05. The van der Waals surface area contributed by atoms with Crippen molar-refractivity contribution in [3.8, 4) is 0 Å². The first-order valence-electron chi connectivity index (χ1n) is 4.71. The predicted octanol–water partition coefficient (Wildman–Crippen LogP) is 1.91. The van der Waals surface area contributed by atoms with Crippen LogP contribution in [0.4, 0.5) is 5.82 Å². The SMILES string of the molecule is c1nc(NCC2CC2)c2ncsc2n1. The molecule has 5 heteroatoms. The molecule has 0 saturated heterocycles. The first-order chi connectivity index (χ1) is 6.93. The predicted molar refractivity (Wildman–Crippen MR) is 56.4 cm³/mol. The highest BCUT2D eigenvalue weighted by Gasteiger charge is 2.21. The van der Waals surface area contributed by atoms with E-state index in [-0.39, 0.29) is 0 Å². The average Bonchev–Trinajstić information content (AvgIpc) is 2.91. The normalized spacial score (nSPS) is 16.0. The topological polar surface area (TPSA) is 50.7 Å². The van der Waals surface area contributed by atoms with E-state index in [4.69, 9.17) is 0 Å². The molecule has 1 N–H and O–H groups in total. The molecular formula is C9H10N4S. The number of nitrogens with one attached hydrogen (secondary N) is 1. The van der Waals surface area contributed by atoms with Crippen molar-refractivity contribution >= 4 is 27.5 Å². The van der Waals surface area contributed by atoms with E-state index < -0.39 is 0 Å². The quantitative estimate of drug-likeness (QED) is 0.833. The van der Waals surface area contributed by atoms with Crippen LogP contribution in [-0.4, -0.2) is 21.5 Å². The van der Waals surface area contributed by atoms with Gasteiger partial charge in [0.2, 0.25) is 0 Å². The van der Waals surface area contributed by atoms with E-state index in [1.165, 1.54) is 12.8 Å². The zero-order chi connectivity index (χ0) is 9.38. The van der Waals surface area contributed by atoms with Crippen LogP contribution in [0.3, 0.4) is 0 Å². The summed E-state index contributed by atoms with van der Waals surface area (Å²) in [5, 5.41) is 3.33. The van der Waals surface area contributed by atoms with Gasteiger partial charge in [-0.25, -0.2) is 15.0 Å². The molecule has 4 nitrogen and oxygen atoms in total. The van der Waals surface area contributed by atoms with Gasteiger partial charge in [0.15, 0.2) is 5.82 Å². The van der Waals surface area contributed by atoms with Crippen LogP contribution in [0.1, 0.15) is 12.8 Å². The lowest BCUT2D eigenvalue weighted by Gasteiger charge is -2.03. The summed E-state index contributed by atoms with van der Waals surface area (Å²) >= 11 is 1.55. The maximum atomic E-state index is 4.25. The number of hydrogen-bond donors (Lipinski definition) is 1. The van der Waals surface area contributed by atoms with Crippen molar-refractivity contribution in [2.45, 2.75) is 12.8 Å². The molecule has 0 aromatic carbocycles. The van der Waals surface area contributed by atoms with Crippen molar-refractivity contribution in [3.05, 3.63) is 11.8 Å². The zero-order valence-electron chi connectivity index (χ0n) is 7.60. The minimum Gasteiger partial charge on any atom is -0.368 e. The minimum atomic E-state index is 0.846. The Hall–Kier alpha value is -1.23. The van der Waals surface area contributed by atoms with E-state index in [9.17, 15) is 0 Å². The van der Waals surface area contributed by atoms with Gasteiger partial charge in [0.25, 0.3) is 0 Å². The molecule has 1 saturated carbocycles. The Morgan fingerprint density at radius 3 is 3.14 bits per heavy atom. The molecular weight excluding hydrogens is 196 g/mol. The summed E-state index contributed by atoms with van der Waals surface area (Å²) in [5.74, 6) is 1.72. The van der Waals surface area contributed by atoms with Crippen LogP contribution in [0, 0.1) is 5.92 Å². The molecule has 3 rings (SSSR count). The molecule has 0 amide bonds. The van der Waals surface area contributed by atoms with Gasteiger partial charge in [-0.05, 0) is 18.8 Å². The highest BCUT2D eigenvalue weighted by atomic mass is 32.1. The van der Waals surface area contributed by atoms with Crippen molar-refractivity contribution < 1.29 is 0 Å². The first kappa shape index (κ1) is 8.11. The standard InChI is InChI=1S/C9H10N4S/c1-2-6(1)3-10-8-7-9(12-4-11-8)14-5-13-7/h4-6H,1-3H2,(H,10,11,12). The smallest absolute Gasteiger partial charge is 0.156 e. The van der Waals surface area contributed by atoms with Gasteiger partial charge in [-0.15, -0.1) is 11.3 Å². The van der Waals surface area contributed by atoms with Gasteiger partial charge in [-0.2, -0.15) is 0 Å². The van der Waals surface area contributed by atoms with E-state index in [0.717, 1.165) is 28.6 Å². The van der Waals surface area contributed by atoms with Crippen LogP contribution in [-0.2, 0) is 0 Å². The second-order valence-electron chi connectivity index (χ2n) is 3.55. The number of hydrogen-bond acceptors (Lipinski definition) is 5. The van der Waals surface area contributed by atoms with E-state index in [0.29, 0.717) is 0 Å². The van der Waals surface area contributed by atoms with Gasteiger partial charge in [-0.1, -0.05) is 0 Å². The zero-order valence-corrected chi connectivity index (χ0v) is 8.42. The molecule has 72 valence electrons. The summed E-state index contributed by atoms with van der Waals surface area (Å²) in [6.45, 7) is 1.02. The second-order valence-corrected chi connectivity index (χ2v) is 4.39. The van der Waals surface area contributed by atoms with Crippen LogP contribution in [0.15, 0.2) is 11.8 Å². The van der Waals surface area contributed by atoms with Crippen LogP contribution in [0.2, 0.25) is 0 Å². The van der Waals surface area contributed by atoms with Crippen molar-refractivity contribution in [1.29, 1.82) is 0 Å². The van der Waals surface area contributed by atoms with E-state index in [1.54, 1.807) is 17.7 Å². The van der Waals surface area contributed by atoms with Crippen LogP contribution in [0.5, 0.6) is 0 Å². The van der Waals surface area contributed by atoms with E-state index >= 15 is 0 Å². The van der Waals surface area contributed by atoms with Crippen LogP contribution < -0.4 is 5.32 Å². The summed E-state index contributed by atoms with van der Waals surface area (Å²) in [5.41, 5.74) is 2.71. The number of aromatic nitrogens is 3. The van der Waals surface area contributed by atoms with Gasteiger partial charge in [0.1, 0.15) is 16.7 Å². The lowest BCUT2D eigenvalue weighted by atomic mass is 10.4. The van der Waals surface area contributed by atoms with Crippen molar-refractivity contribution in [2.24, 2.45) is 5.92 Å².